The summed E-state index contributed by atoms with van der Waals surface area (Å²) in [6.07, 6.45) is 4.88. The average molecular weight is 265 g/mol. The Morgan fingerprint density at radius 1 is 1.50 bits per heavy atom. The minimum absolute atomic E-state index is 0.884. The van der Waals surface area contributed by atoms with Gasteiger partial charge >= 0.3 is 5.97 Å². The van der Waals surface area contributed by atoms with Crippen LogP contribution in [0.2, 0.25) is 0 Å². The first-order chi connectivity index (χ1) is 8.61. The summed E-state index contributed by atoms with van der Waals surface area (Å²) in [4.78, 5) is 12.7. The van der Waals surface area contributed by atoms with Gasteiger partial charge in [-0.3, -0.25) is 0 Å². The highest BCUT2D eigenvalue weighted by molar-refractivity contribution is 7.98. The van der Waals surface area contributed by atoms with Crippen LogP contribution < -0.4 is 0 Å². The Balaban J connectivity index is 2.61. The van der Waals surface area contributed by atoms with Gasteiger partial charge in [-0.1, -0.05) is 24.3 Å². The summed E-state index contributed by atoms with van der Waals surface area (Å²) in [5, 5.41) is 8.59. The van der Waals surface area contributed by atoms with Gasteiger partial charge in [0.05, 0.1) is 0 Å². The molecular weight excluding hydrogens is 246 g/mol. The fourth-order valence-electron chi connectivity index (χ4n) is 1.60. The number of hydrogen-bond acceptors (Lipinski definition) is 3. The van der Waals surface area contributed by atoms with Crippen LogP contribution in [0.25, 0.3) is 6.08 Å². The van der Waals surface area contributed by atoms with Crippen LogP contribution in [0.4, 0.5) is 0 Å². The molecule has 0 saturated heterocycles. The van der Waals surface area contributed by atoms with Gasteiger partial charge in [0, 0.05) is 24.9 Å². The van der Waals surface area contributed by atoms with Crippen molar-refractivity contribution in [2.75, 3.05) is 25.6 Å². The van der Waals surface area contributed by atoms with Gasteiger partial charge in [0.2, 0.25) is 0 Å². The number of thioether (sulfide) groups is 1. The maximum atomic E-state index is 10.5. The number of carbonyl (C=O) groups is 1. The lowest BCUT2D eigenvalue weighted by molar-refractivity contribution is -0.131. The Morgan fingerprint density at radius 3 is 2.94 bits per heavy atom. The molecule has 98 valence electrons. The molecule has 0 spiro atoms. The van der Waals surface area contributed by atoms with Crippen molar-refractivity contribution in [2.45, 2.75) is 6.54 Å². The van der Waals surface area contributed by atoms with Crippen molar-refractivity contribution in [1.82, 2.24) is 4.90 Å². The normalized spacial score (nSPS) is 11.3. The van der Waals surface area contributed by atoms with Crippen LogP contribution in [-0.2, 0) is 11.3 Å². The van der Waals surface area contributed by atoms with Gasteiger partial charge in [-0.2, -0.15) is 11.8 Å². The van der Waals surface area contributed by atoms with E-state index in [1.807, 2.05) is 30.0 Å². The second-order valence-corrected chi connectivity index (χ2v) is 5.13. The van der Waals surface area contributed by atoms with Crippen molar-refractivity contribution in [3.05, 3.63) is 41.5 Å². The van der Waals surface area contributed by atoms with Crippen LogP contribution in [0.1, 0.15) is 11.1 Å². The van der Waals surface area contributed by atoms with Gasteiger partial charge in [-0.25, -0.2) is 4.79 Å². The standard InChI is InChI=1S/C14H19NO2S/c1-15(8-9-18-2)11-13-5-3-4-12(10-13)6-7-14(16)17/h3-7,10H,8-9,11H2,1-2H3,(H,16,17)/b7-6+. The summed E-state index contributed by atoms with van der Waals surface area (Å²) in [6, 6.07) is 7.95. The first kappa shape index (κ1) is 14.8. The number of carboxylic acid groups (broad SMARTS) is 1. The van der Waals surface area contributed by atoms with E-state index in [1.54, 1.807) is 6.08 Å². The van der Waals surface area contributed by atoms with Crippen LogP contribution in [-0.4, -0.2) is 41.6 Å². The number of hydrogen-bond donors (Lipinski definition) is 1. The van der Waals surface area contributed by atoms with Gasteiger partial charge in [0.25, 0.3) is 0 Å². The monoisotopic (exact) mass is 265 g/mol. The van der Waals surface area contributed by atoms with E-state index in [-0.39, 0.29) is 0 Å². The lowest BCUT2D eigenvalue weighted by atomic mass is 10.1. The zero-order chi connectivity index (χ0) is 13.4. The van der Waals surface area contributed by atoms with Crippen molar-refractivity contribution in [3.8, 4) is 0 Å². The summed E-state index contributed by atoms with van der Waals surface area (Å²) in [5.74, 6) is 0.201. The Labute approximate surface area is 113 Å². The molecule has 0 heterocycles. The molecule has 1 aromatic carbocycles. The van der Waals surface area contributed by atoms with Gasteiger partial charge in [-0.05, 0) is 30.5 Å². The third-order valence-corrected chi connectivity index (χ3v) is 3.09. The molecule has 0 unspecified atom stereocenters. The third kappa shape index (κ3) is 5.89. The van der Waals surface area contributed by atoms with Crippen molar-refractivity contribution in [1.29, 1.82) is 0 Å². The van der Waals surface area contributed by atoms with E-state index in [9.17, 15) is 4.79 Å². The van der Waals surface area contributed by atoms with Crippen LogP contribution >= 0.6 is 11.8 Å². The third-order valence-electron chi connectivity index (χ3n) is 2.50. The maximum absolute atomic E-state index is 10.5. The minimum Gasteiger partial charge on any atom is -0.478 e. The first-order valence-electron chi connectivity index (χ1n) is 5.79. The summed E-state index contributed by atoms with van der Waals surface area (Å²) < 4.78 is 0. The lowest BCUT2D eigenvalue weighted by Crippen LogP contribution is -2.20. The Bertz CT molecular complexity index is 418. The highest BCUT2D eigenvalue weighted by Gasteiger charge is 2.00. The summed E-state index contributed by atoms with van der Waals surface area (Å²) in [6.45, 7) is 1.94. The van der Waals surface area contributed by atoms with E-state index >= 15 is 0 Å². The van der Waals surface area contributed by atoms with Gasteiger partial charge in [-0.15, -0.1) is 0 Å². The van der Waals surface area contributed by atoms with E-state index in [2.05, 4.69) is 24.3 Å². The lowest BCUT2D eigenvalue weighted by Gasteiger charge is -2.16. The van der Waals surface area contributed by atoms with Crippen LogP contribution in [0, 0.1) is 0 Å². The number of carboxylic acids is 1. The smallest absolute Gasteiger partial charge is 0.328 e. The molecule has 0 radical (unpaired) electrons. The summed E-state index contributed by atoms with van der Waals surface area (Å²) in [7, 11) is 2.09. The Kier molecular flexibility index (Phi) is 6.54. The molecule has 0 saturated carbocycles. The highest BCUT2D eigenvalue weighted by Crippen LogP contribution is 2.09. The van der Waals surface area contributed by atoms with E-state index in [0.29, 0.717) is 0 Å². The zero-order valence-corrected chi connectivity index (χ0v) is 11.6. The van der Waals surface area contributed by atoms with E-state index in [1.165, 1.54) is 5.56 Å². The van der Waals surface area contributed by atoms with Crippen molar-refractivity contribution < 1.29 is 9.90 Å². The van der Waals surface area contributed by atoms with Gasteiger partial charge in [0.15, 0.2) is 0 Å². The summed E-state index contributed by atoms with van der Waals surface area (Å²) >= 11 is 1.84. The molecular formula is C14H19NO2S. The van der Waals surface area contributed by atoms with Crippen LogP contribution in [0.5, 0.6) is 0 Å². The van der Waals surface area contributed by atoms with Crippen molar-refractivity contribution >= 4 is 23.8 Å². The quantitative estimate of drug-likeness (QED) is 0.769. The van der Waals surface area contributed by atoms with E-state index in [0.717, 1.165) is 30.5 Å². The van der Waals surface area contributed by atoms with Gasteiger partial charge < -0.3 is 10.0 Å². The maximum Gasteiger partial charge on any atom is 0.328 e. The number of aliphatic carboxylic acids is 1. The predicted octanol–water partition coefficient (Wildman–Crippen LogP) is 2.58. The number of benzene rings is 1. The molecule has 1 N–H and O–H groups in total. The molecule has 0 amide bonds. The molecule has 0 aliphatic carbocycles. The second kappa shape index (κ2) is 7.95. The average Bonchev–Trinajstić information content (AvgIpc) is 2.34. The molecule has 0 aliphatic heterocycles. The Morgan fingerprint density at radius 2 is 2.28 bits per heavy atom. The molecule has 1 rings (SSSR count). The molecule has 1 aromatic rings. The SMILES string of the molecule is CSCCN(C)Cc1cccc(/C=C/C(=O)O)c1. The second-order valence-electron chi connectivity index (χ2n) is 4.15. The molecule has 18 heavy (non-hydrogen) atoms. The van der Waals surface area contributed by atoms with Crippen LogP contribution in [0.3, 0.4) is 0 Å². The van der Waals surface area contributed by atoms with E-state index in [4.69, 9.17) is 5.11 Å². The molecule has 0 aliphatic rings. The molecule has 4 heteroatoms. The predicted molar refractivity (Wildman–Crippen MR) is 77.8 cm³/mol. The fourth-order valence-corrected chi connectivity index (χ4v) is 2.09. The number of nitrogens with zero attached hydrogens (tertiary/aromatic N) is 1. The minimum atomic E-state index is -0.919. The molecule has 0 atom stereocenters. The topological polar surface area (TPSA) is 40.5 Å². The van der Waals surface area contributed by atoms with Crippen molar-refractivity contribution in [3.63, 3.8) is 0 Å². The van der Waals surface area contributed by atoms with Crippen molar-refractivity contribution in [2.24, 2.45) is 0 Å². The summed E-state index contributed by atoms with van der Waals surface area (Å²) in [5.41, 5.74) is 2.12. The fraction of sp³-hybridized carbons (Fsp3) is 0.357. The van der Waals surface area contributed by atoms with Gasteiger partial charge in [0.1, 0.15) is 0 Å². The zero-order valence-electron chi connectivity index (χ0n) is 10.8. The highest BCUT2D eigenvalue weighted by atomic mass is 32.2. The molecule has 0 fully saturated rings. The Hall–Kier alpha value is -1.26. The molecule has 3 nitrogen and oxygen atoms in total. The first-order valence-corrected chi connectivity index (χ1v) is 7.18. The van der Waals surface area contributed by atoms with E-state index < -0.39 is 5.97 Å². The molecule has 0 aromatic heterocycles. The number of rotatable bonds is 7. The molecule has 0 bridgehead atoms. The van der Waals surface area contributed by atoms with Crippen LogP contribution in [0.15, 0.2) is 30.3 Å². The largest absolute Gasteiger partial charge is 0.478 e.